The Morgan fingerprint density at radius 2 is 1.96 bits per heavy atom. The van der Waals surface area contributed by atoms with E-state index in [2.05, 4.69) is 5.32 Å². The lowest BCUT2D eigenvalue weighted by Crippen LogP contribution is -3.11. The highest BCUT2D eigenvalue weighted by Crippen LogP contribution is 2.32. The third-order valence-electron chi connectivity index (χ3n) is 4.85. The van der Waals surface area contributed by atoms with E-state index in [1.165, 1.54) is 18.2 Å². The van der Waals surface area contributed by atoms with Gasteiger partial charge in [-0.2, -0.15) is 0 Å². The molecular formula is C18H25FN3O4S+. The molecule has 1 aliphatic heterocycles. The second kappa shape index (κ2) is 7.93. The second-order valence-corrected chi connectivity index (χ2v) is 9.69. The Hall–Kier alpha value is -2.00. The van der Waals surface area contributed by atoms with Crippen molar-refractivity contribution in [2.75, 3.05) is 37.0 Å². The van der Waals surface area contributed by atoms with Crippen LogP contribution in [0.25, 0.3) is 0 Å². The molecule has 0 bridgehead atoms. The van der Waals surface area contributed by atoms with Crippen LogP contribution in [0.1, 0.15) is 19.3 Å². The number of carbonyl (C=O) groups excluding carboxylic acids is 2. The van der Waals surface area contributed by atoms with E-state index >= 15 is 0 Å². The van der Waals surface area contributed by atoms with Gasteiger partial charge in [0.05, 0.1) is 18.6 Å². The van der Waals surface area contributed by atoms with E-state index in [0.717, 1.165) is 12.8 Å². The summed E-state index contributed by atoms with van der Waals surface area (Å²) < 4.78 is 36.7. The molecule has 148 valence electrons. The van der Waals surface area contributed by atoms with Crippen LogP contribution in [-0.4, -0.2) is 68.9 Å². The van der Waals surface area contributed by atoms with Crippen LogP contribution in [0, 0.1) is 5.82 Å². The van der Waals surface area contributed by atoms with Gasteiger partial charge in [0.1, 0.15) is 5.82 Å². The number of hydrogen-bond acceptors (Lipinski definition) is 4. The number of likely N-dealkylation sites (N-methyl/N-ethyl adjacent to an activating group) is 1. The molecule has 1 unspecified atom stereocenters. The Balaban J connectivity index is 1.53. The molecule has 2 amide bonds. The van der Waals surface area contributed by atoms with Crippen molar-refractivity contribution in [1.29, 1.82) is 0 Å². The minimum Gasteiger partial charge on any atom is -0.331 e. The summed E-state index contributed by atoms with van der Waals surface area (Å²) in [6, 6.07) is 5.51. The summed E-state index contributed by atoms with van der Waals surface area (Å²) in [6.07, 6.45) is 2.30. The lowest BCUT2D eigenvalue weighted by atomic mass is 10.2. The third kappa shape index (κ3) is 5.49. The first-order valence-corrected chi connectivity index (χ1v) is 10.9. The molecule has 1 heterocycles. The first kappa shape index (κ1) is 19.8. The van der Waals surface area contributed by atoms with Gasteiger partial charge in [-0.05, 0) is 37.5 Å². The van der Waals surface area contributed by atoms with Crippen LogP contribution in [0.15, 0.2) is 24.3 Å². The van der Waals surface area contributed by atoms with Crippen molar-refractivity contribution in [3.63, 3.8) is 0 Å². The molecular weight excluding hydrogens is 373 g/mol. The maximum Gasteiger partial charge on any atom is 0.279 e. The lowest BCUT2D eigenvalue weighted by molar-refractivity contribution is -0.862. The summed E-state index contributed by atoms with van der Waals surface area (Å²) in [5.41, 5.74) is 0.370. The van der Waals surface area contributed by atoms with Crippen molar-refractivity contribution < 1.29 is 27.3 Å². The second-order valence-electron chi connectivity index (χ2n) is 7.46. The van der Waals surface area contributed by atoms with Gasteiger partial charge in [0.2, 0.25) is 0 Å². The number of halogens is 1. The van der Waals surface area contributed by atoms with Crippen LogP contribution < -0.4 is 10.2 Å². The number of amides is 2. The lowest BCUT2D eigenvalue weighted by Gasteiger charge is -2.29. The standard InChI is InChI=1S/C18H24FN3O4S/c1-21(10-17(23)20-14-4-2-3-13(19)9-14)11-18(24)22(15-5-6-15)16-7-8-27(25,26)12-16/h2-4,9,15-16H,5-8,10-12H2,1H3,(H,20,23)/p+1/t16-/m0/s1. The van der Waals surface area contributed by atoms with Crippen LogP contribution in [0.5, 0.6) is 0 Å². The average Bonchev–Trinajstić information content (AvgIpc) is 3.30. The maximum atomic E-state index is 13.2. The molecule has 2 fully saturated rings. The normalized spacial score (nSPS) is 22.2. The molecule has 1 aromatic rings. The van der Waals surface area contributed by atoms with Gasteiger partial charge in [-0.1, -0.05) is 6.07 Å². The fraction of sp³-hybridized carbons (Fsp3) is 0.556. The van der Waals surface area contributed by atoms with Gasteiger partial charge in [-0.25, -0.2) is 12.8 Å². The number of sulfone groups is 1. The zero-order chi connectivity index (χ0) is 19.6. The summed E-state index contributed by atoms with van der Waals surface area (Å²) in [4.78, 5) is 27.3. The number of quaternary nitrogens is 1. The van der Waals surface area contributed by atoms with Gasteiger partial charge in [-0.15, -0.1) is 0 Å². The molecule has 0 aromatic heterocycles. The van der Waals surface area contributed by atoms with Gasteiger partial charge < -0.3 is 15.1 Å². The molecule has 1 aliphatic carbocycles. The predicted octanol–water partition coefficient (Wildman–Crippen LogP) is -0.543. The first-order chi connectivity index (χ1) is 12.7. The van der Waals surface area contributed by atoms with Gasteiger partial charge in [0, 0.05) is 17.8 Å². The van der Waals surface area contributed by atoms with E-state index in [1.54, 1.807) is 18.0 Å². The molecule has 27 heavy (non-hydrogen) atoms. The number of nitrogens with zero attached hydrogens (tertiary/aromatic N) is 1. The largest absolute Gasteiger partial charge is 0.331 e. The van der Waals surface area contributed by atoms with Crippen molar-refractivity contribution >= 4 is 27.3 Å². The Morgan fingerprint density at radius 3 is 2.56 bits per heavy atom. The molecule has 3 rings (SSSR count). The van der Waals surface area contributed by atoms with Gasteiger partial charge >= 0.3 is 0 Å². The Bertz CT molecular complexity index is 826. The average molecular weight is 398 g/mol. The number of carbonyl (C=O) groups is 2. The van der Waals surface area contributed by atoms with Crippen LogP contribution in [0.2, 0.25) is 0 Å². The molecule has 2 aliphatic rings. The van der Waals surface area contributed by atoms with E-state index in [1.807, 2.05) is 0 Å². The van der Waals surface area contributed by atoms with Crippen LogP contribution >= 0.6 is 0 Å². The van der Waals surface area contributed by atoms with E-state index in [-0.39, 0.29) is 48.5 Å². The number of nitrogens with one attached hydrogen (secondary N) is 2. The van der Waals surface area contributed by atoms with Crippen molar-refractivity contribution in [3.05, 3.63) is 30.1 Å². The number of rotatable bonds is 7. The van der Waals surface area contributed by atoms with Gasteiger partial charge in [-0.3, -0.25) is 9.59 Å². The minimum absolute atomic E-state index is 0.0361. The summed E-state index contributed by atoms with van der Waals surface area (Å²) in [6.45, 7) is 0.174. The van der Waals surface area contributed by atoms with Crippen LogP contribution in [0.4, 0.5) is 10.1 Å². The monoisotopic (exact) mass is 398 g/mol. The van der Waals surface area contributed by atoms with Gasteiger partial charge in [0.25, 0.3) is 11.8 Å². The Kier molecular flexibility index (Phi) is 5.81. The fourth-order valence-electron chi connectivity index (χ4n) is 3.51. The molecule has 0 spiro atoms. The zero-order valence-corrected chi connectivity index (χ0v) is 16.1. The fourth-order valence-corrected chi connectivity index (χ4v) is 5.22. The highest BCUT2D eigenvalue weighted by Gasteiger charge is 2.42. The Labute approximate surface area is 158 Å². The van der Waals surface area contributed by atoms with E-state index in [0.29, 0.717) is 17.0 Å². The molecule has 1 saturated heterocycles. The van der Waals surface area contributed by atoms with Crippen LogP contribution in [0.3, 0.4) is 0 Å². The van der Waals surface area contributed by atoms with E-state index in [9.17, 15) is 22.4 Å². The third-order valence-corrected chi connectivity index (χ3v) is 6.60. The van der Waals surface area contributed by atoms with Crippen molar-refractivity contribution in [3.8, 4) is 0 Å². The zero-order valence-electron chi connectivity index (χ0n) is 15.3. The molecule has 1 aromatic carbocycles. The minimum atomic E-state index is -3.06. The summed E-state index contributed by atoms with van der Waals surface area (Å²) in [7, 11) is -1.33. The molecule has 7 nitrogen and oxygen atoms in total. The van der Waals surface area contributed by atoms with Crippen molar-refractivity contribution in [2.45, 2.75) is 31.3 Å². The van der Waals surface area contributed by atoms with Crippen molar-refractivity contribution in [2.24, 2.45) is 0 Å². The highest BCUT2D eigenvalue weighted by atomic mass is 32.2. The topological polar surface area (TPSA) is 88.0 Å². The van der Waals surface area contributed by atoms with Crippen molar-refractivity contribution in [1.82, 2.24) is 4.90 Å². The SMILES string of the molecule is C[NH+](CC(=O)Nc1cccc(F)c1)CC(=O)N(C1CC1)[C@H]1CCS(=O)(=O)C1. The molecule has 2 N–H and O–H groups in total. The predicted molar refractivity (Wildman–Crippen MR) is 98.6 cm³/mol. The molecule has 2 atom stereocenters. The number of anilines is 1. The summed E-state index contributed by atoms with van der Waals surface area (Å²) in [5.74, 6) is -0.695. The maximum absolute atomic E-state index is 13.2. The number of benzene rings is 1. The van der Waals surface area contributed by atoms with E-state index < -0.39 is 15.7 Å². The molecule has 1 saturated carbocycles. The smallest absolute Gasteiger partial charge is 0.279 e. The summed E-state index contributed by atoms with van der Waals surface area (Å²) in [5, 5.41) is 2.61. The summed E-state index contributed by atoms with van der Waals surface area (Å²) >= 11 is 0. The first-order valence-electron chi connectivity index (χ1n) is 9.12. The van der Waals surface area contributed by atoms with E-state index in [4.69, 9.17) is 0 Å². The number of hydrogen-bond donors (Lipinski definition) is 2. The highest BCUT2D eigenvalue weighted by molar-refractivity contribution is 7.91. The quantitative estimate of drug-likeness (QED) is 0.646. The van der Waals surface area contributed by atoms with Crippen LogP contribution in [-0.2, 0) is 19.4 Å². The molecule has 9 heteroatoms. The molecule has 0 radical (unpaired) electrons. The van der Waals surface area contributed by atoms with Gasteiger partial charge in [0.15, 0.2) is 22.9 Å². The Morgan fingerprint density at radius 1 is 1.22 bits per heavy atom.